The fourth-order valence-corrected chi connectivity index (χ4v) is 6.30. The van der Waals surface area contributed by atoms with E-state index in [9.17, 15) is 0 Å². The summed E-state index contributed by atoms with van der Waals surface area (Å²) in [5.74, 6) is 4.14. The molecular weight excluding hydrogens is 192 g/mol. The molecule has 3 aliphatic rings. The van der Waals surface area contributed by atoms with Crippen LogP contribution in [0.25, 0.3) is 0 Å². The average molecular weight is 220 g/mol. The predicted octanol–water partition coefficient (Wildman–Crippen LogP) is 4.89. The Morgan fingerprint density at radius 2 is 1.88 bits per heavy atom. The zero-order valence-corrected chi connectivity index (χ0v) is 11.6. The van der Waals surface area contributed by atoms with Gasteiger partial charge in [-0.15, -0.1) is 0 Å². The lowest BCUT2D eigenvalue weighted by Gasteiger charge is -2.40. The second-order valence-corrected chi connectivity index (χ2v) is 7.62. The van der Waals surface area contributed by atoms with Crippen LogP contribution in [-0.2, 0) is 0 Å². The molecule has 0 heteroatoms. The molecule has 0 amide bonds. The molecule has 1 unspecified atom stereocenters. The monoisotopic (exact) mass is 220 g/mol. The van der Waals surface area contributed by atoms with Crippen LogP contribution in [0.15, 0.2) is 0 Å². The van der Waals surface area contributed by atoms with Crippen LogP contribution in [0.3, 0.4) is 0 Å². The molecule has 3 aliphatic carbocycles. The van der Waals surface area contributed by atoms with Gasteiger partial charge < -0.3 is 0 Å². The van der Waals surface area contributed by atoms with Gasteiger partial charge in [0.1, 0.15) is 0 Å². The first-order valence-electron chi connectivity index (χ1n) is 7.52. The lowest BCUT2D eigenvalue weighted by Crippen LogP contribution is -2.32. The summed E-state index contributed by atoms with van der Waals surface area (Å²) in [7, 11) is 0. The normalized spacial score (nSPS) is 54.0. The van der Waals surface area contributed by atoms with Gasteiger partial charge in [-0.05, 0) is 66.6 Å². The Hall–Kier alpha value is 0. The molecule has 0 radical (unpaired) electrons. The highest BCUT2D eigenvalue weighted by atomic mass is 14.7. The average Bonchev–Trinajstić information content (AvgIpc) is 2.68. The van der Waals surface area contributed by atoms with Gasteiger partial charge in [0.15, 0.2) is 0 Å². The largest absolute Gasteiger partial charge is 0.0651 e. The molecule has 0 aromatic carbocycles. The Bertz CT molecular complexity index is 290. The van der Waals surface area contributed by atoms with Gasteiger partial charge in [-0.3, -0.25) is 0 Å². The SMILES string of the molecule is CCC1CC[C@H]2C(C)(C)[C@@H]3C[C@]12CC[C@H]3C. The topological polar surface area (TPSA) is 0 Å². The third kappa shape index (κ3) is 1.12. The van der Waals surface area contributed by atoms with E-state index >= 15 is 0 Å². The first-order valence-corrected chi connectivity index (χ1v) is 7.52. The minimum absolute atomic E-state index is 0.639. The molecule has 2 bridgehead atoms. The zero-order valence-electron chi connectivity index (χ0n) is 11.6. The molecule has 0 aromatic rings. The second-order valence-electron chi connectivity index (χ2n) is 7.62. The zero-order chi connectivity index (χ0) is 11.6. The number of fused-ring (bicyclic) bond motifs is 1. The molecule has 3 saturated carbocycles. The summed E-state index contributed by atoms with van der Waals surface area (Å²) in [4.78, 5) is 0. The third-order valence-corrected chi connectivity index (χ3v) is 7.01. The van der Waals surface area contributed by atoms with Crippen molar-refractivity contribution in [2.75, 3.05) is 0 Å². The van der Waals surface area contributed by atoms with Crippen molar-refractivity contribution in [1.82, 2.24) is 0 Å². The minimum Gasteiger partial charge on any atom is -0.0651 e. The third-order valence-electron chi connectivity index (χ3n) is 7.01. The molecule has 5 atom stereocenters. The number of rotatable bonds is 1. The summed E-state index contributed by atoms with van der Waals surface area (Å²) < 4.78 is 0. The van der Waals surface area contributed by atoms with Crippen LogP contribution >= 0.6 is 0 Å². The summed E-state index contributed by atoms with van der Waals surface area (Å²) in [6, 6.07) is 0. The van der Waals surface area contributed by atoms with Crippen molar-refractivity contribution in [3.05, 3.63) is 0 Å². The predicted molar refractivity (Wildman–Crippen MR) is 69.2 cm³/mol. The fraction of sp³-hybridized carbons (Fsp3) is 1.00. The van der Waals surface area contributed by atoms with Crippen molar-refractivity contribution in [1.29, 1.82) is 0 Å². The molecule has 1 spiro atoms. The van der Waals surface area contributed by atoms with Gasteiger partial charge in [0.25, 0.3) is 0 Å². The molecule has 0 N–H and O–H groups in total. The molecule has 0 aromatic heterocycles. The summed E-state index contributed by atoms with van der Waals surface area (Å²) in [6.07, 6.45) is 9.15. The van der Waals surface area contributed by atoms with Crippen LogP contribution in [0.2, 0.25) is 0 Å². The fourth-order valence-electron chi connectivity index (χ4n) is 6.30. The van der Waals surface area contributed by atoms with E-state index < -0.39 is 0 Å². The van der Waals surface area contributed by atoms with Gasteiger partial charge in [0.05, 0.1) is 0 Å². The van der Waals surface area contributed by atoms with E-state index in [0.29, 0.717) is 5.41 Å². The van der Waals surface area contributed by atoms with Gasteiger partial charge in [0, 0.05) is 0 Å². The molecule has 0 heterocycles. The van der Waals surface area contributed by atoms with Crippen molar-refractivity contribution in [3.63, 3.8) is 0 Å². The smallest absolute Gasteiger partial charge is 0.0233 e. The number of hydrogen-bond donors (Lipinski definition) is 0. The Kier molecular flexibility index (Phi) is 2.27. The summed E-state index contributed by atoms with van der Waals surface area (Å²) in [6.45, 7) is 10.1. The van der Waals surface area contributed by atoms with E-state index in [4.69, 9.17) is 0 Å². The van der Waals surface area contributed by atoms with Gasteiger partial charge in [-0.2, -0.15) is 0 Å². The Balaban J connectivity index is 2.01. The molecule has 0 nitrogen and oxygen atoms in total. The van der Waals surface area contributed by atoms with E-state index in [2.05, 4.69) is 27.7 Å². The van der Waals surface area contributed by atoms with E-state index in [1.54, 1.807) is 12.8 Å². The van der Waals surface area contributed by atoms with Crippen molar-refractivity contribution in [3.8, 4) is 0 Å². The van der Waals surface area contributed by atoms with Crippen LogP contribution in [0.4, 0.5) is 0 Å². The first kappa shape index (κ1) is 11.1. The first-order chi connectivity index (χ1) is 7.52. The highest BCUT2D eigenvalue weighted by molar-refractivity contribution is 5.13. The van der Waals surface area contributed by atoms with E-state index in [0.717, 1.165) is 29.1 Å². The van der Waals surface area contributed by atoms with Crippen LogP contribution < -0.4 is 0 Å². The molecule has 3 rings (SSSR count). The minimum atomic E-state index is 0.639. The number of hydrogen-bond acceptors (Lipinski definition) is 0. The highest BCUT2D eigenvalue weighted by Crippen LogP contribution is 2.72. The van der Waals surface area contributed by atoms with Crippen molar-refractivity contribution in [2.45, 2.75) is 66.2 Å². The summed E-state index contributed by atoms with van der Waals surface area (Å²) in [5, 5.41) is 0. The molecule has 0 saturated heterocycles. The molecular formula is C16H28. The molecule has 0 aliphatic heterocycles. The van der Waals surface area contributed by atoms with Gasteiger partial charge in [-0.25, -0.2) is 0 Å². The molecule has 3 fully saturated rings. The maximum absolute atomic E-state index is 2.59. The van der Waals surface area contributed by atoms with Crippen molar-refractivity contribution in [2.24, 2.45) is 34.5 Å². The van der Waals surface area contributed by atoms with Crippen molar-refractivity contribution < 1.29 is 0 Å². The summed E-state index contributed by atoms with van der Waals surface area (Å²) >= 11 is 0. The van der Waals surface area contributed by atoms with Crippen LogP contribution in [-0.4, -0.2) is 0 Å². The molecule has 92 valence electrons. The maximum atomic E-state index is 2.59. The Morgan fingerprint density at radius 1 is 1.12 bits per heavy atom. The Morgan fingerprint density at radius 3 is 2.56 bits per heavy atom. The quantitative estimate of drug-likeness (QED) is 0.590. The van der Waals surface area contributed by atoms with Gasteiger partial charge >= 0.3 is 0 Å². The second kappa shape index (κ2) is 3.27. The van der Waals surface area contributed by atoms with Crippen LogP contribution in [0, 0.1) is 34.5 Å². The Labute approximate surface area is 101 Å². The maximum Gasteiger partial charge on any atom is -0.0233 e. The van der Waals surface area contributed by atoms with E-state index in [-0.39, 0.29) is 0 Å². The molecule has 16 heavy (non-hydrogen) atoms. The lowest BCUT2D eigenvalue weighted by atomic mass is 9.65. The van der Waals surface area contributed by atoms with E-state index in [1.165, 1.54) is 25.7 Å². The van der Waals surface area contributed by atoms with Gasteiger partial charge in [-0.1, -0.05) is 34.1 Å². The van der Waals surface area contributed by atoms with Crippen molar-refractivity contribution >= 4 is 0 Å². The van der Waals surface area contributed by atoms with E-state index in [1.807, 2.05) is 0 Å². The highest BCUT2D eigenvalue weighted by Gasteiger charge is 2.64. The summed E-state index contributed by atoms with van der Waals surface area (Å²) in [5.41, 5.74) is 1.43. The lowest BCUT2D eigenvalue weighted by molar-refractivity contribution is 0.0922. The van der Waals surface area contributed by atoms with Crippen LogP contribution in [0.1, 0.15) is 66.2 Å². The van der Waals surface area contributed by atoms with Crippen LogP contribution in [0.5, 0.6) is 0 Å². The van der Waals surface area contributed by atoms with Gasteiger partial charge in [0.2, 0.25) is 0 Å². The standard InChI is InChI=1S/C16H28/c1-5-12-6-7-14-15(3,4)13-10-16(12,14)9-8-11(13)2/h11-14H,5-10H2,1-4H3/t11-,12?,13-,14+,16-/m1/s1.